The van der Waals surface area contributed by atoms with E-state index in [1.165, 1.54) is 11.8 Å². The molecule has 11 heteroatoms. The molecule has 1 aromatic heterocycles. The quantitative estimate of drug-likeness (QED) is 0.223. The molecule has 2 aliphatic rings. The molecular formula is C31H32N4O6S. The monoisotopic (exact) mass is 588 g/mol. The zero-order valence-electron chi connectivity index (χ0n) is 23.5. The molecule has 0 unspecified atom stereocenters. The lowest BCUT2D eigenvalue weighted by molar-refractivity contribution is -0.115. The first kappa shape index (κ1) is 27.9. The number of anilines is 2. The van der Waals surface area contributed by atoms with Gasteiger partial charge in [-0.05, 0) is 54.4 Å². The van der Waals surface area contributed by atoms with E-state index in [4.69, 9.17) is 23.9 Å². The molecule has 0 radical (unpaired) electrons. The number of morpholine rings is 1. The molecule has 4 aromatic rings. The van der Waals surface area contributed by atoms with Crippen molar-refractivity contribution in [2.45, 2.75) is 30.3 Å². The van der Waals surface area contributed by atoms with E-state index in [2.05, 4.69) is 10.2 Å². The number of rotatable bonds is 9. The van der Waals surface area contributed by atoms with Gasteiger partial charge in [0.25, 0.3) is 5.56 Å². The topological polar surface area (TPSA) is 104 Å². The van der Waals surface area contributed by atoms with Crippen LogP contribution in [0, 0.1) is 0 Å². The Bertz CT molecular complexity index is 1670. The normalized spacial score (nSPS) is 15.0. The van der Waals surface area contributed by atoms with Crippen LogP contribution in [0.25, 0.3) is 10.9 Å². The SMILES string of the molecule is CC[C@@H](Sc1nc2ccc(N3CCOCC3)cc2c(=O)n1Cc1ccc2c(c1)OCO2)C(=O)Nc1cccc(OC)c1. The standard InChI is InChI=1S/C31H32N4O6S/c1-3-28(29(36)32-21-5-4-6-23(16-21)38-2)42-31-33-25-9-8-22(34-11-13-39-14-12-34)17-24(25)30(37)35(31)18-20-7-10-26-27(15-20)41-19-40-26/h4-10,15-17,28H,3,11-14,18-19H2,1-2H3,(H,32,36)/t28-/m1/s1. The van der Waals surface area contributed by atoms with Crippen LogP contribution in [-0.4, -0.2) is 60.9 Å². The number of nitrogens with zero attached hydrogens (tertiary/aromatic N) is 3. The summed E-state index contributed by atoms with van der Waals surface area (Å²) in [4.78, 5) is 34.6. The molecule has 1 fully saturated rings. The lowest BCUT2D eigenvalue weighted by atomic mass is 10.1. The van der Waals surface area contributed by atoms with Crippen LogP contribution < -0.4 is 30.0 Å². The minimum atomic E-state index is -0.490. The van der Waals surface area contributed by atoms with Crippen molar-refractivity contribution in [1.29, 1.82) is 0 Å². The lowest BCUT2D eigenvalue weighted by Crippen LogP contribution is -2.36. The average molecular weight is 589 g/mol. The molecule has 42 heavy (non-hydrogen) atoms. The van der Waals surface area contributed by atoms with Gasteiger partial charge in [-0.1, -0.05) is 30.8 Å². The summed E-state index contributed by atoms with van der Waals surface area (Å²) in [5.74, 6) is 1.79. The molecule has 1 atom stereocenters. The number of fused-ring (bicyclic) bond motifs is 2. The average Bonchev–Trinajstić information content (AvgIpc) is 3.50. The second-order valence-electron chi connectivity index (χ2n) is 10.0. The van der Waals surface area contributed by atoms with Gasteiger partial charge in [0.1, 0.15) is 5.75 Å². The Morgan fingerprint density at radius 1 is 1.07 bits per heavy atom. The third kappa shape index (κ3) is 5.88. The van der Waals surface area contributed by atoms with E-state index in [0.717, 1.165) is 24.3 Å². The fraction of sp³-hybridized carbons (Fsp3) is 0.323. The maximum absolute atomic E-state index is 14.1. The van der Waals surface area contributed by atoms with Crippen LogP contribution in [0.15, 0.2) is 70.6 Å². The van der Waals surface area contributed by atoms with Gasteiger partial charge in [-0.3, -0.25) is 14.2 Å². The number of benzene rings is 3. The van der Waals surface area contributed by atoms with Gasteiger partial charge in [0.05, 0.1) is 43.0 Å². The number of hydrogen-bond acceptors (Lipinski definition) is 9. The minimum Gasteiger partial charge on any atom is -0.497 e. The van der Waals surface area contributed by atoms with Gasteiger partial charge in [-0.25, -0.2) is 4.98 Å². The molecular weight excluding hydrogens is 556 g/mol. The van der Waals surface area contributed by atoms with E-state index in [1.807, 2.05) is 61.5 Å². The Labute approximate surface area is 247 Å². The third-order valence-electron chi connectivity index (χ3n) is 7.30. The Hall–Kier alpha value is -4.22. The Morgan fingerprint density at radius 2 is 1.90 bits per heavy atom. The number of nitrogens with one attached hydrogen (secondary N) is 1. The number of hydrogen-bond donors (Lipinski definition) is 1. The highest BCUT2D eigenvalue weighted by molar-refractivity contribution is 8.00. The Morgan fingerprint density at radius 3 is 2.71 bits per heavy atom. The Balaban J connectivity index is 1.36. The largest absolute Gasteiger partial charge is 0.497 e. The zero-order chi connectivity index (χ0) is 29.1. The van der Waals surface area contributed by atoms with Gasteiger partial charge in [0.2, 0.25) is 12.7 Å². The van der Waals surface area contributed by atoms with Crippen molar-refractivity contribution < 1.29 is 23.7 Å². The van der Waals surface area contributed by atoms with E-state index in [-0.39, 0.29) is 24.8 Å². The number of carbonyl (C=O) groups excluding carboxylic acids is 1. The predicted octanol–water partition coefficient (Wildman–Crippen LogP) is 4.53. The lowest BCUT2D eigenvalue weighted by Gasteiger charge is -2.29. The van der Waals surface area contributed by atoms with Crippen molar-refractivity contribution in [3.8, 4) is 17.2 Å². The van der Waals surface area contributed by atoms with Crippen molar-refractivity contribution in [2.24, 2.45) is 0 Å². The first-order valence-electron chi connectivity index (χ1n) is 13.9. The molecule has 1 N–H and O–H groups in total. The number of thioether (sulfide) groups is 1. The van der Waals surface area contributed by atoms with Gasteiger partial charge in [-0.15, -0.1) is 0 Å². The van der Waals surface area contributed by atoms with Crippen molar-refractivity contribution in [3.05, 3.63) is 76.6 Å². The summed E-state index contributed by atoms with van der Waals surface area (Å²) in [6, 6.07) is 18.6. The van der Waals surface area contributed by atoms with Crippen molar-refractivity contribution >= 4 is 39.9 Å². The van der Waals surface area contributed by atoms with E-state index in [9.17, 15) is 9.59 Å². The molecule has 6 rings (SSSR count). The van der Waals surface area contributed by atoms with Gasteiger partial charge >= 0.3 is 0 Å². The van der Waals surface area contributed by atoms with Crippen LogP contribution in [0.4, 0.5) is 11.4 Å². The molecule has 1 amide bonds. The molecule has 10 nitrogen and oxygen atoms in total. The summed E-state index contributed by atoms with van der Waals surface area (Å²) >= 11 is 1.28. The number of methoxy groups -OCH3 is 1. The molecule has 0 aliphatic carbocycles. The maximum Gasteiger partial charge on any atom is 0.262 e. The van der Waals surface area contributed by atoms with Crippen LogP contribution in [0.5, 0.6) is 17.2 Å². The highest BCUT2D eigenvalue weighted by Crippen LogP contribution is 2.34. The number of amides is 1. The number of aromatic nitrogens is 2. The zero-order valence-corrected chi connectivity index (χ0v) is 24.3. The minimum absolute atomic E-state index is 0.168. The third-order valence-corrected chi connectivity index (χ3v) is 8.66. The molecule has 1 saturated heterocycles. The smallest absolute Gasteiger partial charge is 0.262 e. The Kier molecular flexibility index (Phi) is 8.20. The maximum atomic E-state index is 14.1. The molecule has 2 aliphatic heterocycles. The van der Waals surface area contributed by atoms with Crippen molar-refractivity contribution in [1.82, 2.24) is 9.55 Å². The number of ether oxygens (including phenoxy) is 4. The molecule has 218 valence electrons. The summed E-state index contributed by atoms with van der Waals surface area (Å²) in [5.41, 5.74) is 2.88. The van der Waals surface area contributed by atoms with E-state index in [1.54, 1.807) is 17.7 Å². The van der Waals surface area contributed by atoms with Gasteiger partial charge in [0.15, 0.2) is 16.7 Å². The summed E-state index contributed by atoms with van der Waals surface area (Å²) in [5, 5.41) is 3.49. The highest BCUT2D eigenvalue weighted by Gasteiger charge is 2.24. The second kappa shape index (κ2) is 12.3. The predicted molar refractivity (Wildman–Crippen MR) is 162 cm³/mol. The van der Waals surface area contributed by atoms with Crippen LogP contribution in [-0.2, 0) is 16.1 Å². The number of carbonyl (C=O) groups is 1. The van der Waals surface area contributed by atoms with E-state index in [0.29, 0.717) is 58.6 Å². The first-order valence-corrected chi connectivity index (χ1v) is 14.8. The van der Waals surface area contributed by atoms with Crippen LogP contribution >= 0.6 is 11.8 Å². The summed E-state index contributed by atoms with van der Waals surface area (Å²) in [6.07, 6.45) is 0.536. The molecule has 0 spiro atoms. The molecule has 0 bridgehead atoms. The van der Waals surface area contributed by atoms with Gasteiger partial charge < -0.3 is 29.2 Å². The fourth-order valence-electron chi connectivity index (χ4n) is 5.03. The van der Waals surface area contributed by atoms with Crippen molar-refractivity contribution in [2.75, 3.05) is 50.4 Å². The van der Waals surface area contributed by atoms with Crippen LogP contribution in [0.1, 0.15) is 18.9 Å². The second-order valence-corrected chi connectivity index (χ2v) is 11.2. The van der Waals surface area contributed by atoms with E-state index < -0.39 is 5.25 Å². The first-order chi connectivity index (χ1) is 20.5. The molecule has 0 saturated carbocycles. The summed E-state index contributed by atoms with van der Waals surface area (Å²) < 4.78 is 23.5. The van der Waals surface area contributed by atoms with Crippen LogP contribution in [0.2, 0.25) is 0 Å². The van der Waals surface area contributed by atoms with Gasteiger partial charge in [0, 0.05) is 30.5 Å². The summed E-state index contributed by atoms with van der Waals surface area (Å²) in [6.45, 7) is 5.20. The van der Waals surface area contributed by atoms with Crippen molar-refractivity contribution in [3.63, 3.8) is 0 Å². The highest BCUT2D eigenvalue weighted by atomic mass is 32.2. The molecule has 3 heterocycles. The van der Waals surface area contributed by atoms with E-state index >= 15 is 0 Å². The van der Waals surface area contributed by atoms with Crippen LogP contribution in [0.3, 0.4) is 0 Å². The summed E-state index contributed by atoms with van der Waals surface area (Å²) in [7, 11) is 1.58. The van der Waals surface area contributed by atoms with Gasteiger partial charge in [-0.2, -0.15) is 0 Å². The molecule has 3 aromatic carbocycles. The fourth-order valence-corrected chi connectivity index (χ4v) is 6.04.